The fourth-order valence-electron chi connectivity index (χ4n) is 2.44. The van der Waals surface area contributed by atoms with Crippen molar-refractivity contribution in [3.63, 3.8) is 0 Å². The molecule has 116 valence electrons. The zero-order valence-corrected chi connectivity index (χ0v) is 14.6. The molecular formula is C15H21FIN3O. The highest BCUT2D eigenvalue weighted by Crippen LogP contribution is 2.28. The molecule has 0 aliphatic rings. The molecule has 0 aliphatic heterocycles. The molecule has 0 aliphatic carbocycles. The maximum absolute atomic E-state index is 12.6. The van der Waals surface area contributed by atoms with Crippen molar-refractivity contribution in [1.82, 2.24) is 9.61 Å². The number of methoxy groups -OCH3 is 1. The van der Waals surface area contributed by atoms with Crippen LogP contribution in [0, 0.1) is 3.70 Å². The molecule has 0 fully saturated rings. The number of ether oxygens (including phenoxy) is 1. The number of nitrogens with zero attached hydrogens (tertiary/aromatic N) is 3. The van der Waals surface area contributed by atoms with Gasteiger partial charge in [-0.2, -0.15) is 5.10 Å². The van der Waals surface area contributed by atoms with Crippen molar-refractivity contribution in [2.24, 2.45) is 0 Å². The van der Waals surface area contributed by atoms with E-state index in [1.807, 2.05) is 16.6 Å². The quantitative estimate of drug-likeness (QED) is 0.499. The van der Waals surface area contributed by atoms with E-state index < -0.39 is 0 Å². The maximum Gasteiger partial charge on any atom is 0.103 e. The summed E-state index contributed by atoms with van der Waals surface area (Å²) in [7, 11) is 1.69. The van der Waals surface area contributed by atoms with Crippen LogP contribution < -0.4 is 4.90 Å². The Balaban J connectivity index is 2.46. The van der Waals surface area contributed by atoms with E-state index in [1.54, 1.807) is 7.11 Å². The van der Waals surface area contributed by atoms with Crippen molar-refractivity contribution in [1.29, 1.82) is 0 Å². The van der Waals surface area contributed by atoms with Crippen LogP contribution >= 0.6 is 22.6 Å². The van der Waals surface area contributed by atoms with Crippen molar-refractivity contribution in [3.05, 3.63) is 27.6 Å². The zero-order valence-electron chi connectivity index (χ0n) is 12.5. The molecule has 2 rings (SSSR count). The Kier molecular flexibility index (Phi) is 6.22. The molecule has 0 N–H and O–H groups in total. The number of fused-ring (bicyclic) bond motifs is 1. The van der Waals surface area contributed by atoms with E-state index in [0.717, 1.165) is 33.6 Å². The first-order valence-corrected chi connectivity index (χ1v) is 8.26. The first-order valence-electron chi connectivity index (χ1n) is 7.18. The van der Waals surface area contributed by atoms with Gasteiger partial charge in [0.1, 0.15) is 3.70 Å². The minimum atomic E-state index is -0.304. The summed E-state index contributed by atoms with van der Waals surface area (Å²) in [5.41, 5.74) is 3.24. The van der Waals surface area contributed by atoms with Crippen molar-refractivity contribution < 1.29 is 9.13 Å². The fraction of sp³-hybridized carbons (Fsp3) is 0.533. The number of aryl methyl sites for hydroxylation is 1. The monoisotopic (exact) mass is 405 g/mol. The molecule has 0 spiro atoms. The van der Waals surface area contributed by atoms with E-state index in [-0.39, 0.29) is 6.67 Å². The summed E-state index contributed by atoms with van der Waals surface area (Å²) in [6.45, 7) is 3.84. The van der Waals surface area contributed by atoms with E-state index in [9.17, 15) is 4.39 Å². The Hall–Kier alpha value is -0.890. The molecule has 2 heterocycles. The largest absolute Gasteiger partial charge is 0.383 e. The SMILES string of the molecule is CCc1nn2c(I)cccc2c1N(CCCF)CCOC. The third-order valence-electron chi connectivity index (χ3n) is 3.43. The normalized spacial score (nSPS) is 11.2. The average Bonchev–Trinajstić information content (AvgIpc) is 2.88. The van der Waals surface area contributed by atoms with Gasteiger partial charge in [-0.25, -0.2) is 4.52 Å². The van der Waals surface area contributed by atoms with Gasteiger partial charge in [-0.05, 0) is 47.6 Å². The second-order valence-corrected chi connectivity index (χ2v) is 5.92. The summed E-state index contributed by atoms with van der Waals surface area (Å²) in [4.78, 5) is 2.19. The molecule has 0 unspecified atom stereocenters. The summed E-state index contributed by atoms with van der Waals surface area (Å²) < 4.78 is 20.8. The predicted octanol–water partition coefficient (Wildman–Crippen LogP) is 3.31. The summed E-state index contributed by atoms with van der Waals surface area (Å²) in [6, 6.07) is 6.13. The van der Waals surface area contributed by atoms with Gasteiger partial charge in [0, 0.05) is 20.2 Å². The van der Waals surface area contributed by atoms with Gasteiger partial charge in [-0.3, -0.25) is 4.39 Å². The van der Waals surface area contributed by atoms with Crippen LogP contribution in [0.4, 0.5) is 10.1 Å². The van der Waals surface area contributed by atoms with E-state index in [2.05, 4.69) is 40.5 Å². The van der Waals surface area contributed by atoms with Crippen LogP contribution in [0.15, 0.2) is 18.2 Å². The molecule has 4 nitrogen and oxygen atoms in total. The number of rotatable bonds is 8. The smallest absolute Gasteiger partial charge is 0.103 e. The topological polar surface area (TPSA) is 29.8 Å². The highest BCUT2D eigenvalue weighted by Gasteiger charge is 2.18. The zero-order chi connectivity index (χ0) is 15.2. The number of hydrogen-bond donors (Lipinski definition) is 0. The van der Waals surface area contributed by atoms with Crippen LogP contribution in [0.3, 0.4) is 0 Å². The van der Waals surface area contributed by atoms with Crippen LogP contribution in [0.1, 0.15) is 19.0 Å². The fourth-order valence-corrected chi connectivity index (χ4v) is 3.02. The lowest BCUT2D eigenvalue weighted by Crippen LogP contribution is -2.29. The summed E-state index contributed by atoms with van der Waals surface area (Å²) in [5.74, 6) is 0. The predicted molar refractivity (Wildman–Crippen MR) is 92.0 cm³/mol. The molecule has 0 radical (unpaired) electrons. The number of halogens is 2. The Morgan fingerprint density at radius 1 is 1.38 bits per heavy atom. The molecule has 0 aromatic carbocycles. The Morgan fingerprint density at radius 2 is 2.19 bits per heavy atom. The summed E-state index contributed by atoms with van der Waals surface area (Å²) in [6.07, 6.45) is 1.38. The first-order chi connectivity index (χ1) is 10.2. The molecule has 0 bridgehead atoms. The molecule has 0 atom stereocenters. The lowest BCUT2D eigenvalue weighted by molar-refractivity contribution is 0.205. The number of pyridine rings is 1. The van der Waals surface area contributed by atoms with Crippen LogP contribution in [-0.2, 0) is 11.2 Å². The third kappa shape index (κ3) is 3.66. The van der Waals surface area contributed by atoms with Gasteiger partial charge >= 0.3 is 0 Å². The van der Waals surface area contributed by atoms with Gasteiger partial charge < -0.3 is 9.64 Å². The third-order valence-corrected chi connectivity index (χ3v) is 4.25. The Bertz CT molecular complexity index is 580. The molecule has 0 saturated carbocycles. The summed E-state index contributed by atoms with van der Waals surface area (Å²) >= 11 is 2.28. The minimum Gasteiger partial charge on any atom is -0.383 e. The van der Waals surface area contributed by atoms with Crippen LogP contribution in [0.5, 0.6) is 0 Å². The van der Waals surface area contributed by atoms with Crippen LogP contribution in [0.25, 0.3) is 5.52 Å². The van der Waals surface area contributed by atoms with Crippen molar-refractivity contribution in [2.75, 3.05) is 38.4 Å². The lowest BCUT2D eigenvalue weighted by atomic mass is 10.2. The Labute approximate surface area is 138 Å². The van der Waals surface area contributed by atoms with Crippen LogP contribution in [0.2, 0.25) is 0 Å². The highest BCUT2D eigenvalue weighted by molar-refractivity contribution is 14.1. The number of aromatic nitrogens is 2. The van der Waals surface area contributed by atoms with E-state index in [0.29, 0.717) is 19.6 Å². The standard InChI is InChI=1S/C15H21FIN3O/c1-3-12-15(19(9-5-8-16)10-11-21-2)13-6-4-7-14(17)20(13)18-12/h4,6-7H,3,5,8-11H2,1-2H3. The molecule has 2 aromatic rings. The van der Waals surface area contributed by atoms with Gasteiger partial charge in [0.15, 0.2) is 0 Å². The van der Waals surface area contributed by atoms with Gasteiger partial charge in [0.05, 0.1) is 30.2 Å². The molecule has 0 saturated heterocycles. The molecule has 21 heavy (non-hydrogen) atoms. The highest BCUT2D eigenvalue weighted by atomic mass is 127. The Morgan fingerprint density at radius 3 is 2.86 bits per heavy atom. The molecule has 6 heteroatoms. The second-order valence-electron chi connectivity index (χ2n) is 4.82. The summed E-state index contributed by atoms with van der Waals surface area (Å²) in [5, 5.41) is 4.70. The van der Waals surface area contributed by atoms with Gasteiger partial charge in [-0.15, -0.1) is 0 Å². The van der Waals surface area contributed by atoms with Crippen LogP contribution in [-0.4, -0.2) is 43.1 Å². The van der Waals surface area contributed by atoms with Gasteiger partial charge in [0.2, 0.25) is 0 Å². The molecule has 2 aromatic heterocycles. The molecular weight excluding hydrogens is 384 g/mol. The molecule has 0 amide bonds. The number of anilines is 1. The maximum atomic E-state index is 12.6. The first kappa shape index (κ1) is 16.5. The van der Waals surface area contributed by atoms with Crippen molar-refractivity contribution in [2.45, 2.75) is 19.8 Å². The number of alkyl halides is 1. The lowest BCUT2D eigenvalue weighted by Gasteiger charge is -2.24. The van der Waals surface area contributed by atoms with E-state index in [4.69, 9.17) is 9.84 Å². The van der Waals surface area contributed by atoms with E-state index in [1.165, 1.54) is 0 Å². The van der Waals surface area contributed by atoms with Gasteiger partial charge in [-0.1, -0.05) is 13.0 Å². The van der Waals surface area contributed by atoms with Crippen molar-refractivity contribution >= 4 is 33.8 Å². The van der Waals surface area contributed by atoms with Crippen molar-refractivity contribution in [3.8, 4) is 0 Å². The number of hydrogen-bond acceptors (Lipinski definition) is 3. The van der Waals surface area contributed by atoms with E-state index >= 15 is 0 Å². The van der Waals surface area contributed by atoms with Gasteiger partial charge in [0.25, 0.3) is 0 Å². The second kappa shape index (κ2) is 7.93. The minimum absolute atomic E-state index is 0.304. The average molecular weight is 405 g/mol.